The molecule has 0 unspecified atom stereocenters. The second kappa shape index (κ2) is 8.05. The van der Waals surface area contributed by atoms with Gasteiger partial charge in [0.25, 0.3) is 0 Å². The van der Waals surface area contributed by atoms with Gasteiger partial charge in [0.05, 0.1) is 18.8 Å². The van der Waals surface area contributed by atoms with Crippen molar-refractivity contribution < 1.29 is 9.18 Å². The third-order valence-electron chi connectivity index (χ3n) is 6.37. The monoisotopic (exact) mass is 403 g/mol. The molecule has 2 aliphatic rings. The van der Waals surface area contributed by atoms with Gasteiger partial charge >= 0.3 is 0 Å². The van der Waals surface area contributed by atoms with Crippen LogP contribution >= 0.6 is 0 Å². The van der Waals surface area contributed by atoms with E-state index in [0.717, 1.165) is 35.6 Å². The Balaban J connectivity index is 1.25. The molecule has 0 spiro atoms. The Morgan fingerprint density at radius 2 is 1.87 bits per heavy atom. The average molecular weight is 404 g/mol. The second-order valence-corrected chi connectivity index (χ2v) is 8.61. The van der Waals surface area contributed by atoms with Crippen molar-refractivity contribution in [1.29, 1.82) is 0 Å². The molecule has 0 N–H and O–H groups in total. The predicted molar refractivity (Wildman–Crippen MR) is 115 cm³/mol. The van der Waals surface area contributed by atoms with Gasteiger partial charge in [-0.3, -0.25) is 9.48 Å². The molecular formula is C25H26FN3O. The van der Waals surface area contributed by atoms with Crippen LogP contribution in [-0.4, -0.2) is 15.6 Å². The summed E-state index contributed by atoms with van der Waals surface area (Å²) in [6.45, 7) is 2.17. The Hall–Kier alpha value is -2.95. The Kier molecular flexibility index (Phi) is 5.11. The van der Waals surface area contributed by atoms with Gasteiger partial charge in [-0.2, -0.15) is 5.10 Å². The van der Waals surface area contributed by atoms with Gasteiger partial charge in [-0.05, 0) is 35.7 Å². The first-order valence-electron chi connectivity index (χ1n) is 10.8. The zero-order chi connectivity index (χ0) is 20.5. The van der Waals surface area contributed by atoms with E-state index in [1.165, 1.54) is 43.4 Å². The van der Waals surface area contributed by atoms with Gasteiger partial charge in [-0.1, -0.05) is 49.9 Å². The highest BCUT2D eigenvalue weighted by atomic mass is 19.1. The lowest BCUT2D eigenvalue weighted by atomic mass is 9.97. The van der Waals surface area contributed by atoms with E-state index < -0.39 is 0 Å². The van der Waals surface area contributed by atoms with Crippen molar-refractivity contribution in [3.63, 3.8) is 0 Å². The van der Waals surface area contributed by atoms with E-state index in [9.17, 15) is 9.18 Å². The predicted octanol–water partition coefficient (Wildman–Crippen LogP) is 5.35. The number of carbonyl (C=O) groups excluding carboxylic acids is 1. The van der Waals surface area contributed by atoms with Crippen molar-refractivity contribution in [1.82, 2.24) is 9.78 Å². The third kappa shape index (κ3) is 4.02. The summed E-state index contributed by atoms with van der Waals surface area (Å²) in [5.74, 6) is 0.616. The van der Waals surface area contributed by atoms with E-state index in [4.69, 9.17) is 5.10 Å². The summed E-state index contributed by atoms with van der Waals surface area (Å²) in [5, 5.41) is 4.72. The van der Waals surface area contributed by atoms with Crippen LogP contribution in [0.25, 0.3) is 0 Å². The molecule has 1 fully saturated rings. The summed E-state index contributed by atoms with van der Waals surface area (Å²) in [6, 6.07) is 14.6. The Morgan fingerprint density at radius 3 is 2.63 bits per heavy atom. The highest BCUT2D eigenvalue weighted by molar-refractivity contribution is 5.97. The van der Waals surface area contributed by atoms with E-state index >= 15 is 0 Å². The fourth-order valence-corrected chi connectivity index (χ4v) is 4.72. The normalized spacial score (nSPS) is 16.2. The SMILES string of the molecule is O=C(CC1CCCC1)c1cccc(N2Cc3cn(Cc4ccc(F)cc4)nc3C2)c1. The summed E-state index contributed by atoms with van der Waals surface area (Å²) in [7, 11) is 0. The number of fused-ring (bicyclic) bond motifs is 1. The fourth-order valence-electron chi connectivity index (χ4n) is 4.72. The molecule has 2 heterocycles. The first kappa shape index (κ1) is 19.0. The first-order valence-corrected chi connectivity index (χ1v) is 10.8. The maximum atomic E-state index is 13.1. The maximum absolute atomic E-state index is 13.1. The molecule has 1 aromatic heterocycles. The molecular weight excluding hydrogens is 377 g/mol. The standard InChI is InChI=1S/C25H26FN3O/c26-22-10-8-19(9-11-22)14-29-16-21-15-28(17-24(21)27-29)23-7-3-6-20(13-23)25(30)12-18-4-1-2-5-18/h3,6-11,13,16,18H,1-2,4-5,12,14-15,17H2. The van der Waals surface area contributed by atoms with Crippen molar-refractivity contribution >= 4 is 11.5 Å². The number of rotatable bonds is 6. The van der Waals surface area contributed by atoms with E-state index in [2.05, 4.69) is 17.2 Å². The van der Waals surface area contributed by atoms with Crippen LogP contribution in [0.5, 0.6) is 0 Å². The molecule has 154 valence electrons. The Labute approximate surface area is 176 Å². The summed E-state index contributed by atoms with van der Waals surface area (Å²) in [5.41, 5.74) is 5.21. The van der Waals surface area contributed by atoms with Crippen LogP contribution in [0.3, 0.4) is 0 Å². The highest BCUT2D eigenvalue weighted by Crippen LogP contribution is 2.31. The lowest BCUT2D eigenvalue weighted by Crippen LogP contribution is -2.17. The summed E-state index contributed by atoms with van der Waals surface area (Å²) >= 11 is 0. The maximum Gasteiger partial charge on any atom is 0.163 e. The molecule has 30 heavy (non-hydrogen) atoms. The molecule has 0 bridgehead atoms. The highest BCUT2D eigenvalue weighted by Gasteiger charge is 2.24. The number of hydrogen-bond donors (Lipinski definition) is 0. The van der Waals surface area contributed by atoms with Crippen molar-refractivity contribution in [2.24, 2.45) is 5.92 Å². The number of nitrogens with zero attached hydrogens (tertiary/aromatic N) is 3. The van der Waals surface area contributed by atoms with Crippen LogP contribution in [0, 0.1) is 11.7 Å². The fraction of sp³-hybridized carbons (Fsp3) is 0.360. The van der Waals surface area contributed by atoms with Crippen LogP contribution in [0.4, 0.5) is 10.1 Å². The molecule has 1 aliphatic heterocycles. The summed E-state index contributed by atoms with van der Waals surface area (Å²) in [4.78, 5) is 15.0. The molecule has 3 aromatic rings. The van der Waals surface area contributed by atoms with Crippen LogP contribution in [-0.2, 0) is 19.6 Å². The largest absolute Gasteiger partial charge is 0.361 e. The number of halogens is 1. The minimum atomic E-state index is -0.221. The lowest BCUT2D eigenvalue weighted by Gasteiger charge is -2.19. The molecule has 4 nitrogen and oxygen atoms in total. The zero-order valence-corrected chi connectivity index (χ0v) is 17.1. The number of carbonyl (C=O) groups is 1. The van der Waals surface area contributed by atoms with Crippen LogP contribution in [0.15, 0.2) is 54.7 Å². The van der Waals surface area contributed by atoms with Gasteiger partial charge in [0.15, 0.2) is 5.78 Å². The molecule has 0 atom stereocenters. The van der Waals surface area contributed by atoms with Gasteiger partial charge in [0.1, 0.15) is 5.82 Å². The Bertz CT molecular complexity index is 1030. The van der Waals surface area contributed by atoms with Crippen molar-refractivity contribution in [3.8, 4) is 0 Å². The Morgan fingerprint density at radius 1 is 1.07 bits per heavy atom. The lowest BCUT2D eigenvalue weighted by molar-refractivity contribution is 0.0962. The van der Waals surface area contributed by atoms with Crippen molar-refractivity contribution in [2.45, 2.75) is 51.7 Å². The van der Waals surface area contributed by atoms with E-state index in [1.54, 1.807) is 12.1 Å². The van der Waals surface area contributed by atoms with Gasteiger partial charge < -0.3 is 4.90 Å². The number of hydrogen-bond acceptors (Lipinski definition) is 3. The molecule has 5 rings (SSSR count). The number of ketones is 1. The number of Topliss-reactive ketones (excluding diaryl/α,β-unsaturated/α-hetero) is 1. The smallest absolute Gasteiger partial charge is 0.163 e. The summed E-state index contributed by atoms with van der Waals surface area (Å²) < 4.78 is 15.0. The van der Waals surface area contributed by atoms with E-state index in [1.807, 2.05) is 22.9 Å². The quantitative estimate of drug-likeness (QED) is 0.521. The van der Waals surface area contributed by atoms with Gasteiger partial charge in [0.2, 0.25) is 0 Å². The number of benzene rings is 2. The number of aromatic nitrogens is 2. The van der Waals surface area contributed by atoms with E-state index in [-0.39, 0.29) is 11.6 Å². The van der Waals surface area contributed by atoms with Crippen LogP contribution in [0.2, 0.25) is 0 Å². The van der Waals surface area contributed by atoms with Gasteiger partial charge in [-0.15, -0.1) is 0 Å². The molecule has 1 aliphatic carbocycles. The van der Waals surface area contributed by atoms with E-state index in [0.29, 0.717) is 18.9 Å². The van der Waals surface area contributed by atoms with Crippen molar-refractivity contribution in [3.05, 3.63) is 82.9 Å². The minimum absolute atomic E-state index is 0.221. The number of anilines is 1. The molecule has 0 saturated heterocycles. The minimum Gasteiger partial charge on any atom is -0.361 e. The first-order chi connectivity index (χ1) is 14.6. The summed E-state index contributed by atoms with van der Waals surface area (Å²) in [6.07, 6.45) is 7.68. The zero-order valence-electron chi connectivity index (χ0n) is 17.1. The average Bonchev–Trinajstić information content (AvgIpc) is 3.47. The van der Waals surface area contributed by atoms with Crippen LogP contribution in [0.1, 0.15) is 59.3 Å². The molecule has 1 saturated carbocycles. The van der Waals surface area contributed by atoms with Gasteiger partial charge in [-0.25, -0.2) is 4.39 Å². The van der Waals surface area contributed by atoms with Gasteiger partial charge in [0, 0.05) is 36.0 Å². The third-order valence-corrected chi connectivity index (χ3v) is 6.37. The molecule has 5 heteroatoms. The van der Waals surface area contributed by atoms with Crippen molar-refractivity contribution in [2.75, 3.05) is 4.90 Å². The molecule has 0 radical (unpaired) electrons. The second-order valence-electron chi connectivity index (χ2n) is 8.61. The topological polar surface area (TPSA) is 38.1 Å². The van der Waals surface area contributed by atoms with Crippen LogP contribution < -0.4 is 4.90 Å². The molecule has 2 aromatic carbocycles. The molecule has 0 amide bonds.